The predicted molar refractivity (Wildman–Crippen MR) is 89.5 cm³/mol. The van der Waals surface area contributed by atoms with E-state index in [-0.39, 0.29) is 12.0 Å². The fourth-order valence-corrected chi connectivity index (χ4v) is 1.87. The number of nitrogens with one attached hydrogen (secondary N) is 1. The van der Waals surface area contributed by atoms with Crippen LogP contribution in [0.2, 0.25) is 10.0 Å². The molecule has 3 nitrogen and oxygen atoms in total. The Labute approximate surface area is 137 Å². The Kier molecular flexibility index (Phi) is 7.28. The number of halogens is 2. The van der Waals surface area contributed by atoms with Gasteiger partial charge in [0.05, 0.1) is 10.0 Å². The molecule has 1 rings (SSSR count). The minimum absolute atomic E-state index is 0.199. The summed E-state index contributed by atoms with van der Waals surface area (Å²) in [4.78, 5) is 0. The summed E-state index contributed by atoms with van der Waals surface area (Å²) in [5.74, 6) is 1.18. The Morgan fingerprint density at radius 2 is 1.90 bits per heavy atom. The molecule has 0 radical (unpaired) electrons. The second-order valence-corrected chi connectivity index (χ2v) is 7.13. The first kappa shape index (κ1) is 18.6. The van der Waals surface area contributed by atoms with Crippen molar-refractivity contribution in [2.75, 3.05) is 19.7 Å². The maximum absolute atomic E-state index is 9.92. The maximum Gasteiger partial charge on any atom is 0.121 e. The van der Waals surface area contributed by atoms with E-state index in [0.29, 0.717) is 28.3 Å². The third-order valence-corrected chi connectivity index (χ3v) is 4.60. The predicted octanol–water partition coefficient (Wildman–Crippen LogP) is 4.00. The van der Waals surface area contributed by atoms with E-state index in [1.807, 2.05) is 0 Å². The van der Waals surface area contributed by atoms with Crippen molar-refractivity contribution in [1.29, 1.82) is 0 Å². The van der Waals surface area contributed by atoms with Crippen LogP contribution >= 0.6 is 23.2 Å². The minimum atomic E-state index is -0.567. The highest BCUT2D eigenvalue weighted by Crippen LogP contribution is 2.26. The molecule has 1 atom stereocenters. The van der Waals surface area contributed by atoms with Gasteiger partial charge in [-0.3, -0.25) is 0 Å². The summed E-state index contributed by atoms with van der Waals surface area (Å²) < 4.78 is 5.50. The molecule has 0 bridgehead atoms. The molecule has 5 heteroatoms. The smallest absolute Gasteiger partial charge is 0.121 e. The Morgan fingerprint density at radius 1 is 1.24 bits per heavy atom. The lowest BCUT2D eigenvalue weighted by Gasteiger charge is -2.30. The summed E-state index contributed by atoms with van der Waals surface area (Å²) in [5.41, 5.74) is 0.199. The van der Waals surface area contributed by atoms with Gasteiger partial charge in [0.2, 0.25) is 0 Å². The van der Waals surface area contributed by atoms with E-state index >= 15 is 0 Å². The molecule has 120 valence electrons. The fourth-order valence-electron chi connectivity index (χ4n) is 1.58. The topological polar surface area (TPSA) is 41.5 Å². The first-order valence-electron chi connectivity index (χ1n) is 7.19. The van der Waals surface area contributed by atoms with Crippen molar-refractivity contribution in [3.63, 3.8) is 0 Å². The Morgan fingerprint density at radius 3 is 2.48 bits per heavy atom. The fraction of sp³-hybridized carbons (Fsp3) is 0.625. The normalized spacial score (nSPS) is 13.5. The molecular weight excluding hydrogens is 309 g/mol. The lowest BCUT2D eigenvalue weighted by Crippen LogP contribution is -2.39. The third kappa shape index (κ3) is 6.43. The molecule has 1 unspecified atom stereocenters. The van der Waals surface area contributed by atoms with Crippen molar-refractivity contribution in [3.8, 4) is 5.75 Å². The molecular formula is C16H25Cl2NO2. The van der Waals surface area contributed by atoms with Crippen LogP contribution in [0.4, 0.5) is 0 Å². The Balaban J connectivity index is 2.31. The molecule has 0 aliphatic carbocycles. The highest BCUT2D eigenvalue weighted by molar-refractivity contribution is 6.42. The van der Waals surface area contributed by atoms with Crippen LogP contribution in [0.25, 0.3) is 0 Å². The highest BCUT2D eigenvalue weighted by atomic mass is 35.5. The molecule has 2 N–H and O–H groups in total. The van der Waals surface area contributed by atoms with Crippen molar-refractivity contribution >= 4 is 23.2 Å². The lowest BCUT2D eigenvalue weighted by atomic mass is 9.81. The van der Waals surface area contributed by atoms with Crippen LogP contribution in [-0.2, 0) is 0 Å². The lowest BCUT2D eigenvalue weighted by molar-refractivity contribution is 0.101. The standard InChI is InChI=1S/C16H25Cl2NO2/c1-11(2)16(3,4)10-19-8-12(20)9-21-13-5-6-14(17)15(18)7-13/h5-7,11-12,19-20H,8-10H2,1-4H3. The van der Waals surface area contributed by atoms with Gasteiger partial charge in [-0.1, -0.05) is 50.9 Å². The first-order valence-corrected chi connectivity index (χ1v) is 7.94. The Hall–Kier alpha value is -0.480. The zero-order valence-corrected chi connectivity index (χ0v) is 14.6. The minimum Gasteiger partial charge on any atom is -0.491 e. The highest BCUT2D eigenvalue weighted by Gasteiger charge is 2.21. The third-order valence-electron chi connectivity index (χ3n) is 3.86. The average molecular weight is 334 g/mol. The van der Waals surface area contributed by atoms with Gasteiger partial charge in [-0.25, -0.2) is 0 Å². The summed E-state index contributed by atoms with van der Waals surface area (Å²) in [6, 6.07) is 5.05. The van der Waals surface area contributed by atoms with Gasteiger partial charge in [0.1, 0.15) is 18.5 Å². The van der Waals surface area contributed by atoms with Crippen LogP contribution in [0.5, 0.6) is 5.75 Å². The molecule has 0 fully saturated rings. The largest absolute Gasteiger partial charge is 0.491 e. The van der Waals surface area contributed by atoms with Crippen LogP contribution < -0.4 is 10.1 Å². The number of aliphatic hydroxyl groups excluding tert-OH is 1. The number of rotatable bonds is 8. The summed E-state index contributed by atoms with van der Waals surface area (Å²) >= 11 is 11.7. The van der Waals surface area contributed by atoms with Crippen molar-refractivity contribution in [2.45, 2.75) is 33.8 Å². The molecule has 0 heterocycles. The summed E-state index contributed by atoms with van der Waals surface area (Å²) in [6.07, 6.45) is -0.567. The summed E-state index contributed by atoms with van der Waals surface area (Å²) in [7, 11) is 0. The van der Waals surface area contributed by atoms with Crippen LogP contribution in [0.1, 0.15) is 27.7 Å². The van der Waals surface area contributed by atoms with Gasteiger partial charge in [0.25, 0.3) is 0 Å². The van der Waals surface area contributed by atoms with Gasteiger partial charge in [0.15, 0.2) is 0 Å². The van der Waals surface area contributed by atoms with Gasteiger partial charge in [-0.15, -0.1) is 0 Å². The first-order chi connectivity index (χ1) is 9.72. The van der Waals surface area contributed by atoms with E-state index in [4.69, 9.17) is 27.9 Å². The van der Waals surface area contributed by atoms with E-state index in [9.17, 15) is 5.11 Å². The molecule has 0 saturated heterocycles. The van der Waals surface area contributed by atoms with Crippen molar-refractivity contribution in [2.24, 2.45) is 11.3 Å². The molecule has 0 aliphatic rings. The van der Waals surface area contributed by atoms with Gasteiger partial charge in [0, 0.05) is 19.2 Å². The van der Waals surface area contributed by atoms with Crippen LogP contribution in [-0.4, -0.2) is 30.9 Å². The SMILES string of the molecule is CC(C)C(C)(C)CNCC(O)COc1ccc(Cl)c(Cl)c1. The zero-order chi connectivity index (χ0) is 16.0. The number of hydrogen-bond acceptors (Lipinski definition) is 3. The molecule has 0 aliphatic heterocycles. The Bertz CT molecular complexity index is 450. The summed E-state index contributed by atoms with van der Waals surface area (Å²) in [5, 5.41) is 14.1. The molecule has 1 aromatic rings. The second-order valence-electron chi connectivity index (χ2n) is 6.31. The molecule has 0 aromatic heterocycles. The summed E-state index contributed by atoms with van der Waals surface area (Å²) in [6.45, 7) is 10.4. The average Bonchev–Trinajstić information content (AvgIpc) is 2.39. The maximum atomic E-state index is 9.92. The van der Waals surface area contributed by atoms with Gasteiger partial charge >= 0.3 is 0 Å². The van der Waals surface area contributed by atoms with Crippen molar-refractivity contribution in [3.05, 3.63) is 28.2 Å². The van der Waals surface area contributed by atoms with Crippen LogP contribution in [0, 0.1) is 11.3 Å². The number of ether oxygens (including phenoxy) is 1. The second kappa shape index (κ2) is 8.23. The van der Waals surface area contributed by atoms with E-state index in [2.05, 4.69) is 33.0 Å². The van der Waals surface area contributed by atoms with Gasteiger partial charge < -0.3 is 15.2 Å². The van der Waals surface area contributed by atoms with E-state index in [1.54, 1.807) is 18.2 Å². The van der Waals surface area contributed by atoms with E-state index in [0.717, 1.165) is 6.54 Å². The monoisotopic (exact) mass is 333 g/mol. The van der Waals surface area contributed by atoms with Crippen molar-refractivity contribution < 1.29 is 9.84 Å². The van der Waals surface area contributed by atoms with E-state index in [1.165, 1.54) is 0 Å². The van der Waals surface area contributed by atoms with Gasteiger partial charge in [-0.05, 0) is 23.5 Å². The molecule has 21 heavy (non-hydrogen) atoms. The zero-order valence-electron chi connectivity index (χ0n) is 13.1. The molecule has 0 amide bonds. The van der Waals surface area contributed by atoms with Gasteiger partial charge in [-0.2, -0.15) is 0 Å². The molecule has 0 spiro atoms. The molecule has 1 aromatic carbocycles. The number of hydrogen-bond donors (Lipinski definition) is 2. The van der Waals surface area contributed by atoms with Crippen molar-refractivity contribution in [1.82, 2.24) is 5.32 Å². The number of benzene rings is 1. The van der Waals surface area contributed by atoms with E-state index < -0.39 is 6.10 Å². The number of aliphatic hydroxyl groups is 1. The van der Waals surface area contributed by atoms with Crippen LogP contribution in [0.3, 0.4) is 0 Å². The molecule has 0 saturated carbocycles. The quantitative estimate of drug-likeness (QED) is 0.755. The van der Waals surface area contributed by atoms with Crippen LogP contribution in [0.15, 0.2) is 18.2 Å².